The zero-order valence-corrected chi connectivity index (χ0v) is 18.9. The third-order valence-electron chi connectivity index (χ3n) is 6.02. The normalized spacial score (nSPS) is 15.3. The number of imidazole rings is 1. The van der Waals surface area contributed by atoms with Crippen LogP contribution < -0.4 is 4.74 Å². The summed E-state index contributed by atoms with van der Waals surface area (Å²) in [5.74, 6) is 1.63. The molecule has 0 saturated heterocycles. The molecule has 0 fully saturated rings. The number of hydrogen-bond donors (Lipinski definition) is 0. The third kappa shape index (κ3) is 4.08. The summed E-state index contributed by atoms with van der Waals surface area (Å²) in [6, 6.07) is 12.4. The highest BCUT2D eigenvalue weighted by Crippen LogP contribution is 2.34. The number of rotatable bonds is 5. The van der Waals surface area contributed by atoms with Gasteiger partial charge >= 0.3 is 0 Å². The first kappa shape index (κ1) is 21.6. The van der Waals surface area contributed by atoms with E-state index >= 15 is 0 Å². The van der Waals surface area contributed by atoms with Crippen LogP contribution >= 0.6 is 0 Å². The first-order valence-electron chi connectivity index (χ1n) is 11.1. The number of nitriles is 1. The van der Waals surface area contributed by atoms with Gasteiger partial charge in [0.1, 0.15) is 17.4 Å². The molecule has 5 rings (SSSR count). The fourth-order valence-corrected chi connectivity index (χ4v) is 4.40. The van der Waals surface area contributed by atoms with Crippen molar-refractivity contribution in [1.29, 1.82) is 5.26 Å². The molecular weight excluding hydrogens is 431 g/mol. The summed E-state index contributed by atoms with van der Waals surface area (Å²) >= 11 is 0. The van der Waals surface area contributed by atoms with Crippen LogP contribution in [0.2, 0.25) is 0 Å². The molecule has 2 aromatic carbocycles. The summed E-state index contributed by atoms with van der Waals surface area (Å²) in [7, 11) is 1.65. The van der Waals surface area contributed by atoms with Crippen molar-refractivity contribution >= 4 is 12.2 Å². The minimum absolute atomic E-state index is 0.0864. The highest BCUT2D eigenvalue weighted by molar-refractivity contribution is 5.69. The van der Waals surface area contributed by atoms with Crippen molar-refractivity contribution in [3.63, 3.8) is 0 Å². The molecule has 0 N–H and O–H groups in total. The lowest BCUT2D eigenvalue weighted by Gasteiger charge is -2.23. The molecular formula is C26H23FN6O. The fourth-order valence-electron chi connectivity index (χ4n) is 4.40. The molecule has 0 spiro atoms. The van der Waals surface area contributed by atoms with Crippen LogP contribution in [0.4, 0.5) is 4.39 Å². The Labute approximate surface area is 196 Å². The van der Waals surface area contributed by atoms with Crippen molar-refractivity contribution in [1.82, 2.24) is 24.3 Å². The van der Waals surface area contributed by atoms with Gasteiger partial charge in [0.15, 0.2) is 5.82 Å². The second-order valence-corrected chi connectivity index (χ2v) is 8.28. The number of methoxy groups -OCH3 is 1. The number of hydrogen-bond acceptors (Lipinski definition) is 5. The largest absolute Gasteiger partial charge is 0.495 e. The van der Waals surface area contributed by atoms with E-state index < -0.39 is 5.82 Å². The van der Waals surface area contributed by atoms with Crippen LogP contribution in [-0.4, -0.2) is 31.4 Å². The van der Waals surface area contributed by atoms with Crippen LogP contribution in [0.15, 0.2) is 48.9 Å². The molecule has 34 heavy (non-hydrogen) atoms. The van der Waals surface area contributed by atoms with Crippen molar-refractivity contribution < 1.29 is 9.13 Å². The molecule has 1 aliphatic heterocycles. The predicted molar refractivity (Wildman–Crippen MR) is 126 cm³/mol. The summed E-state index contributed by atoms with van der Waals surface area (Å²) in [6.07, 6.45) is 9.28. The maximum absolute atomic E-state index is 13.6. The molecule has 4 aromatic rings. The van der Waals surface area contributed by atoms with Gasteiger partial charge < -0.3 is 9.30 Å². The zero-order valence-electron chi connectivity index (χ0n) is 18.9. The third-order valence-corrected chi connectivity index (χ3v) is 6.02. The van der Waals surface area contributed by atoms with E-state index in [0.29, 0.717) is 11.4 Å². The summed E-state index contributed by atoms with van der Waals surface area (Å²) < 4.78 is 23.0. The molecule has 2 aromatic heterocycles. The molecule has 0 saturated carbocycles. The van der Waals surface area contributed by atoms with Crippen LogP contribution in [0, 0.1) is 24.1 Å². The van der Waals surface area contributed by atoms with Gasteiger partial charge in [-0.2, -0.15) is 10.4 Å². The number of ether oxygens (including phenoxy) is 1. The minimum atomic E-state index is -0.411. The zero-order chi connectivity index (χ0) is 23.7. The highest BCUT2D eigenvalue weighted by Gasteiger charge is 2.27. The second-order valence-electron chi connectivity index (χ2n) is 8.28. The van der Waals surface area contributed by atoms with Crippen LogP contribution in [0.5, 0.6) is 5.75 Å². The predicted octanol–water partition coefficient (Wildman–Crippen LogP) is 4.89. The first-order chi connectivity index (χ1) is 16.6. The fraction of sp³-hybridized carbons (Fsp3) is 0.231. The molecule has 0 bridgehead atoms. The average molecular weight is 455 g/mol. The molecule has 3 heterocycles. The molecule has 7 nitrogen and oxygen atoms in total. The summed E-state index contributed by atoms with van der Waals surface area (Å²) in [5, 5.41) is 14.1. The van der Waals surface area contributed by atoms with E-state index in [2.05, 4.69) is 16.2 Å². The van der Waals surface area contributed by atoms with Gasteiger partial charge in [-0.3, -0.25) is 0 Å². The van der Waals surface area contributed by atoms with Crippen LogP contribution in [0.1, 0.15) is 52.8 Å². The van der Waals surface area contributed by atoms with Crippen LogP contribution in [0.25, 0.3) is 17.8 Å². The van der Waals surface area contributed by atoms with E-state index in [9.17, 15) is 9.65 Å². The molecule has 0 amide bonds. The van der Waals surface area contributed by atoms with Crippen molar-refractivity contribution in [3.05, 3.63) is 88.8 Å². The molecule has 0 aliphatic carbocycles. The van der Waals surface area contributed by atoms with Crippen molar-refractivity contribution in [2.75, 3.05) is 7.11 Å². The van der Waals surface area contributed by atoms with Crippen molar-refractivity contribution in [2.24, 2.45) is 0 Å². The smallest absolute Gasteiger partial charge is 0.174 e. The number of aromatic nitrogens is 5. The number of aryl methyl sites for hydroxylation is 2. The molecule has 0 unspecified atom stereocenters. The quantitative estimate of drug-likeness (QED) is 0.429. The van der Waals surface area contributed by atoms with E-state index in [4.69, 9.17) is 9.72 Å². The van der Waals surface area contributed by atoms with Gasteiger partial charge in [-0.15, -0.1) is 0 Å². The van der Waals surface area contributed by atoms with E-state index in [1.165, 1.54) is 12.1 Å². The summed E-state index contributed by atoms with van der Waals surface area (Å²) in [4.78, 5) is 9.03. The summed E-state index contributed by atoms with van der Waals surface area (Å²) in [5.41, 5.74) is 3.93. The Kier molecular flexibility index (Phi) is 5.68. The van der Waals surface area contributed by atoms with Crippen LogP contribution in [0.3, 0.4) is 0 Å². The van der Waals surface area contributed by atoms with Gasteiger partial charge in [-0.05, 0) is 61.2 Å². The molecule has 1 atom stereocenters. The van der Waals surface area contributed by atoms with E-state index in [1.54, 1.807) is 19.5 Å². The van der Waals surface area contributed by atoms with E-state index in [1.807, 2.05) is 52.7 Å². The standard InChI is InChI=1S/C26H23FN6O/c1-17-15-32(16-29-17)23-9-5-18(12-24(23)34-2)6-10-25-30-26-22(4-3-11-33(26)31-25)21-8-7-20(27)13-19(21)14-28/h5-10,12-13,15-16,22H,3-4,11H2,1-2H3/t22-/m0/s1. The topological polar surface area (TPSA) is 81.5 Å². The average Bonchev–Trinajstić information content (AvgIpc) is 3.48. The SMILES string of the molecule is COc1cc(C=Cc2nc3n(n2)CCC[C@H]3c2ccc(F)cc2C#N)ccc1-n1cnc(C)c1. The second kappa shape index (κ2) is 8.94. The van der Waals surface area contributed by atoms with Gasteiger partial charge in [0.25, 0.3) is 0 Å². The Morgan fingerprint density at radius 1 is 1.21 bits per heavy atom. The number of nitrogens with zero attached hydrogens (tertiary/aromatic N) is 6. The molecule has 170 valence electrons. The summed E-state index contributed by atoms with van der Waals surface area (Å²) in [6.45, 7) is 2.71. The van der Waals surface area contributed by atoms with E-state index in [0.717, 1.165) is 53.5 Å². The number of benzene rings is 2. The monoisotopic (exact) mass is 454 g/mol. The van der Waals surface area contributed by atoms with Crippen LogP contribution in [-0.2, 0) is 6.54 Å². The Morgan fingerprint density at radius 2 is 2.09 bits per heavy atom. The molecule has 1 aliphatic rings. The maximum Gasteiger partial charge on any atom is 0.174 e. The number of fused-ring (bicyclic) bond motifs is 1. The Bertz CT molecular complexity index is 1430. The Morgan fingerprint density at radius 3 is 2.85 bits per heavy atom. The lowest BCUT2D eigenvalue weighted by Crippen LogP contribution is -2.18. The van der Waals surface area contributed by atoms with Gasteiger partial charge in [-0.1, -0.05) is 18.2 Å². The van der Waals surface area contributed by atoms with Crippen molar-refractivity contribution in [2.45, 2.75) is 32.2 Å². The van der Waals surface area contributed by atoms with Gasteiger partial charge in [0, 0.05) is 18.7 Å². The van der Waals surface area contributed by atoms with Gasteiger partial charge in [0.05, 0.1) is 36.5 Å². The minimum Gasteiger partial charge on any atom is -0.495 e. The van der Waals surface area contributed by atoms with Crippen molar-refractivity contribution in [3.8, 4) is 17.5 Å². The lowest BCUT2D eigenvalue weighted by molar-refractivity contribution is 0.413. The Hall–Kier alpha value is -4.25. The number of halogens is 1. The van der Waals surface area contributed by atoms with Gasteiger partial charge in [-0.25, -0.2) is 19.0 Å². The molecule has 8 heteroatoms. The lowest BCUT2D eigenvalue weighted by atomic mass is 9.88. The van der Waals surface area contributed by atoms with Gasteiger partial charge in [0.2, 0.25) is 0 Å². The van der Waals surface area contributed by atoms with E-state index in [-0.39, 0.29) is 5.92 Å². The molecule has 0 radical (unpaired) electrons. The maximum atomic E-state index is 13.6. The highest BCUT2D eigenvalue weighted by atomic mass is 19.1. The Balaban J connectivity index is 1.43. The first-order valence-corrected chi connectivity index (χ1v) is 11.1.